The van der Waals surface area contributed by atoms with Crippen LogP contribution in [-0.2, 0) is 9.47 Å². The van der Waals surface area contributed by atoms with Gasteiger partial charge >= 0.3 is 0 Å². The second-order valence-corrected chi connectivity index (χ2v) is 4.32. The monoisotopic (exact) mass is 215 g/mol. The van der Waals surface area contributed by atoms with Crippen molar-refractivity contribution in [2.24, 2.45) is 5.92 Å². The summed E-state index contributed by atoms with van der Waals surface area (Å²) in [6.45, 7) is 6.09. The lowest BCUT2D eigenvalue weighted by Gasteiger charge is -2.23. The molecule has 3 heteroatoms. The standard InChI is InChI=1S/C12H25NO2/c1-3-7-13-12(5-4-8-14-2)11-6-9-15-10-11/h11-13H,3-10H2,1-2H3. The molecule has 0 aromatic heterocycles. The molecule has 0 bridgehead atoms. The molecule has 0 aliphatic carbocycles. The zero-order valence-electron chi connectivity index (χ0n) is 10.1. The van der Waals surface area contributed by atoms with E-state index in [2.05, 4.69) is 12.2 Å². The first-order valence-electron chi connectivity index (χ1n) is 6.18. The van der Waals surface area contributed by atoms with Gasteiger partial charge in [-0.25, -0.2) is 0 Å². The van der Waals surface area contributed by atoms with Gasteiger partial charge in [-0.2, -0.15) is 0 Å². The first-order valence-corrected chi connectivity index (χ1v) is 6.18. The number of methoxy groups -OCH3 is 1. The number of hydrogen-bond acceptors (Lipinski definition) is 3. The van der Waals surface area contributed by atoms with Gasteiger partial charge in [0.25, 0.3) is 0 Å². The van der Waals surface area contributed by atoms with Gasteiger partial charge in [0.1, 0.15) is 0 Å². The summed E-state index contributed by atoms with van der Waals surface area (Å²) in [6, 6.07) is 0.627. The maximum Gasteiger partial charge on any atom is 0.0510 e. The number of hydrogen-bond donors (Lipinski definition) is 1. The molecular formula is C12H25NO2. The molecule has 1 heterocycles. The molecule has 1 fully saturated rings. The molecule has 0 aromatic rings. The molecule has 0 amide bonds. The van der Waals surface area contributed by atoms with E-state index in [1.165, 1.54) is 19.3 Å². The first kappa shape index (κ1) is 12.9. The molecule has 1 aliphatic heterocycles. The molecule has 3 nitrogen and oxygen atoms in total. The van der Waals surface area contributed by atoms with Gasteiger partial charge in [-0.05, 0) is 38.1 Å². The van der Waals surface area contributed by atoms with Crippen LogP contribution in [-0.4, -0.2) is 39.5 Å². The van der Waals surface area contributed by atoms with Crippen LogP contribution in [0.1, 0.15) is 32.6 Å². The van der Waals surface area contributed by atoms with Crippen LogP contribution in [0.5, 0.6) is 0 Å². The Kier molecular flexibility index (Phi) is 6.98. The van der Waals surface area contributed by atoms with Crippen LogP contribution in [0.25, 0.3) is 0 Å². The third-order valence-electron chi connectivity index (χ3n) is 3.05. The second kappa shape index (κ2) is 8.08. The molecule has 1 rings (SSSR count). The van der Waals surface area contributed by atoms with E-state index in [9.17, 15) is 0 Å². The molecular weight excluding hydrogens is 190 g/mol. The zero-order valence-corrected chi connectivity index (χ0v) is 10.1. The van der Waals surface area contributed by atoms with Crippen molar-refractivity contribution in [3.8, 4) is 0 Å². The Morgan fingerprint density at radius 2 is 2.40 bits per heavy atom. The van der Waals surface area contributed by atoms with Crippen molar-refractivity contribution in [1.29, 1.82) is 0 Å². The van der Waals surface area contributed by atoms with Gasteiger partial charge in [-0.3, -0.25) is 0 Å². The highest BCUT2D eigenvalue weighted by molar-refractivity contribution is 4.79. The van der Waals surface area contributed by atoms with Crippen molar-refractivity contribution in [3.05, 3.63) is 0 Å². The summed E-state index contributed by atoms with van der Waals surface area (Å²) in [5.74, 6) is 0.716. The lowest BCUT2D eigenvalue weighted by Crippen LogP contribution is -2.37. The highest BCUT2D eigenvalue weighted by Gasteiger charge is 2.24. The molecule has 90 valence electrons. The Morgan fingerprint density at radius 3 is 3.00 bits per heavy atom. The van der Waals surface area contributed by atoms with Crippen LogP contribution in [0.15, 0.2) is 0 Å². The summed E-state index contributed by atoms with van der Waals surface area (Å²) in [7, 11) is 1.77. The molecule has 2 unspecified atom stereocenters. The van der Waals surface area contributed by atoms with Crippen LogP contribution < -0.4 is 5.32 Å². The van der Waals surface area contributed by atoms with E-state index in [1.807, 2.05) is 0 Å². The van der Waals surface area contributed by atoms with Crippen molar-refractivity contribution in [3.63, 3.8) is 0 Å². The minimum atomic E-state index is 0.627. The van der Waals surface area contributed by atoms with E-state index in [0.29, 0.717) is 12.0 Å². The summed E-state index contributed by atoms with van der Waals surface area (Å²) >= 11 is 0. The quantitative estimate of drug-likeness (QED) is 0.626. The Bertz CT molecular complexity index is 147. The average molecular weight is 215 g/mol. The summed E-state index contributed by atoms with van der Waals surface area (Å²) in [5.41, 5.74) is 0. The molecule has 1 saturated heterocycles. The summed E-state index contributed by atoms with van der Waals surface area (Å²) in [4.78, 5) is 0. The Balaban J connectivity index is 2.23. The van der Waals surface area contributed by atoms with Crippen molar-refractivity contribution in [1.82, 2.24) is 5.32 Å². The Hall–Kier alpha value is -0.120. The van der Waals surface area contributed by atoms with Crippen molar-refractivity contribution in [2.45, 2.75) is 38.6 Å². The van der Waals surface area contributed by atoms with E-state index in [-0.39, 0.29) is 0 Å². The summed E-state index contributed by atoms with van der Waals surface area (Å²) < 4.78 is 10.6. The predicted molar refractivity (Wildman–Crippen MR) is 62.1 cm³/mol. The molecule has 0 saturated carbocycles. The van der Waals surface area contributed by atoms with Crippen molar-refractivity contribution >= 4 is 0 Å². The van der Waals surface area contributed by atoms with Crippen LogP contribution in [0.2, 0.25) is 0 Å². The normalized spacial score (nSPS) is 23.2. The molecule has 0 radical (unpaired) electrons. The smallest absolute Gasteiger partial charge is 0.0510 e. The molecule has 0 aromatic carbocycles. The Labute approximate surface area is 93.5 Å². The minimum Gasteiger partial charge on any atom is -0.385 e. The minimum absolute atomic E-state index is 0.627. The van der Waals surface area contributed by atoms with Gasteiger partial charge in [0.2, 0.25) is 0 Å². The first-order chi connectivity index (χ1) is 7.38. The van der Waals surface area contributed by atoms with E-state index >= 15 is 0 Å². The van der Waals surface area contributed by atoms with Gasteiger partial charge in [0.05, 0.1) is 6.61 Å². The Morgan fingerprint density at radius 1 is 1.53 bits per heavy atom. The molecule has 2 atom stereocenters. The fourth-order valence-corrected chi connectivity index (χ4v) is 2.15. The lowest BCUT2D eigenvalue weighted by atomic mass is 9.95. The maximum absolute atomic E-state index is 5.45. The van der Waals surface area contributed by atoms with E-state index in [0.717, 1.165) is 32.8 Å². The third kappa shape index (κ3) is 4.96. The summed E-state index contributed by atoms with van der Waals surface area (Å²) in [5, 5.41) is 3.63. The van der Waals surface area contributed by atoms with E-state index < -0.39 is 0 Å². The summed E-state index contributed by atoms with van der Waals surface area (Å²) in [6.07, 6.45) is 4.78. The van der Waals surface area contributed by atoms with Crippen molar-refractivity contribution in [2.75, 3.05) is 33.5 Å². The molecule has 1 N–H and O–H groups in total. The highest BCUT2D eigenvalue weighted by Crippen LogP contribution is 2.20. The van der Waals surface area contributed by atoms with Gasteiger partial charge in [0, 0.05) is 26.4 Å². The predicted octanol–water partition coefficient (Wildman–Crippen LogP) is 1.82. The van der Waals surface area contributed by atoms with Gasteiger partial charge in [0.15, 0.2) is 0 Å². The fraction of sp³-hybridized carbons (Fsp3) is 1.00. The maximum atomic E-state index is 5.45. The van der Waals surface area contributed by atoms with Crippen LogP contribution in [0.3, 0.4) is 0 Å². The fourth-order valence-electron chi connectivity index (χ4n) is 2.15. The number of nitrogens with one attached hydrogen (secondary N) is 1. The van der Waals surface area contributed by atoms with Gasteiger partial charge < -0.3 is 14.8 Å². The highest BCUT2D eigenvalue weighted by atomic mass is 16.5. The number of ether oxygens (including phenoxy) is 2. The average Bonchev–Trinajstić information content (AvgIpc) is 2.76. The van der Waals surface area contributed by atoms with E-state index in [1.54, 1.807) is 7.11 Å². The molecule has 15 heavy (non-hydrogen) atoms. The van der Waals surface area contributed by atoms with Gasteiger partial charge in [-0.15, -0.1) is 0 Å². The van der Waals surface area contributed by atoms with Crippen LogP contribution >= 0.6 is 0 Å². The van der Waals surface area contributed by atoms with Crippen LogP contribution in [0, 0.1) is 5.92 Å². The molecule has 0 spiro atoms. The topological polar surface area (TPSA) is 30.5 Å². The van der Waals surface area contributed by atoms with Gasteiger partial charge in [-0.1, -0.05) is 6.92 Å². The zero-order chi connectivity index (χ0) is 10.9. The van der Waals surface area contributed by atoms with E-state index in [4.69, 9.17) is 9.47 Å². The molecule has 1 aliphatic rings. The lowest BCUT2D eigenvalue weighted by molar-refractivity contribution is 0.164. The largest absolute Gasteiger partial charge is 0.385 e. The number of rotatable bonds is 8. The second-order valence-electron chi connectivity index (χ2n) is 4.32. The van der Waals surface area contributed by atoms with Crippen LogP contribution in [0.4, 0.5) is 0 Å². The SMILES string of the molecule is CCCNC(CCCOC)C1CCOC1. The third-order valence-corrected chi connectivity index (χ3v) is 3.05. The van der Waals surface area contributed by atoms with Crippen molar-refractivity contribution < 1.29 is 9.47 Å².